The van der Waals surface area contributed by atoms with Crippen LogP contribution in [0.2, 0.25) is 0 Å². The van der Waals surface area contributed by atoms with Crippen molar-refractivity contribution >= 4 is 16.1 Å². The molecule has 114 valence electrons. The predicted octanol–water partition coefficient (Wildman–Crippen LogP) is -1.49. The number of carbonyl (C=O) groups excluding carboxylic acids is 1. The molecule has 6 nitrogen and oxygen atoms in total. The van der Waals surface area contributed by atoms with Gasteiger partial charge in [0.1, 0.15) is 0 Å². The third-order valence-electron chi connectivity index (χ3n) is 1.88. The van der Waals surface area contributed by atoms with Crippen LogP contribution in [0.4, 0.5) is 22.0 Å². The topological polar surface area (TPSA) is 96.6 Å². The SMILES string of the molecule is O=C(OC(C(F)(F)F)C(F)(F)S(=O)(=O)[O-])c1ccco1.[Na+]. The van der Waals surface area contributed by atoms with Crippen molar-refractivity contribution in [3.63, 3.8) is 0 Å². The van der Waals surface area contributed by atoms with E-state index in [2.05, 4.69) is 9.15 Å². The third-order valence-corrected chi connectivity index (χ3v) is 2.76. The van der Waals surface area contributed by atoms with E-state index in [-0.39, 0.29) is 29.6 Å². The summed E-state index contributed by atoms with van der Waals surface area (Å²) in [5.41, 5.74) is 0. The fourth-order valence-electron chi connectivity index (χ4n) is 1.02. The Hall–Kier alpha value is -0.690. The molecule has 1 rings (SSSR count). The standard InChI is InChI=1S/C8H5F5O6S.Na/c9-7(10,11)6(8(12,13)20(15,16)17)19-5(14)4-2-1-3-18-4;/h1-3,6H,(H,15,16,17);/q;+1/p-1. The van der Waals surface area contributed by atoms with E-state index in [0.29, 0.717) is 0 Å². The van der Waals surface area contributed by atoms with E-state index in [1.165, 1.54) is 0 Å². The maximum atomic E-state index is 13.0. The molecule has 1 atom stereocenters. The van der Waals surface area contributed by atoms with E-state index in [9.17, 15) is 39.7 Å². The Morgan fingerprint density at radius 2 is 1.81 bits per heavy atom. The van der Waals surface area contributed by atoms with Crippen LogP contribution >= 0.6 is 0 Å². The van der Waals surface area contributed by atoms with E-state index >= 15 is 0 Å². The normalized spacial score (nSPS) is 14.2. The molecule has 13 heteroatoms. The van der Waals surface area contributed by atoms with Gasteiger partial charge in [-0.2, -0.15) is 22.0 Å². The minimum atomic E-state index is -6.71. The molecule has 1 heterocycles. The molecule has 0 N–H and O–H groups in total. The Morgan fingerprint density at radius 3 is 2.14 bits per heavy atom. The molecular weight excluding hydrogens is 342 g/mol. The van der Waals surface area contributed by atoms with Crippen molar-refractivity contribution in [2.45, 2.75) is 17.5 Å². The summed E-state index contributed by atoms with van der Waals surface area (Å²) in [4.78, 5) is 11.1. The first-order valence-corrected chi connectivity index (χ1v) is 5.92. The first kappa shape index (κ1) is 20.3. The Morgan fingerprint density at radius 1 is 1.29 bits per heavy atom. The summed E-state index contributed by atoms with van der Waals surface area (Å²) in [5, 5.41) is -5.88. The van der Waals surface area contributed by atoms with Crippen molar-refractivity contribution in [2.75, 3.05) is 0 Å². The summed E-state index contributed by atoms with van der Waals surface area (Å²) in [6.07, 6.45) is -9.60. The quantitative estimate of drug-likeness (QED) is 0.285. The van der Waals surface area contributed by atoms with Gasteiger partial charge in [0.2, 0.25) is 5.76 Å². The smallest absolute Gasteiger partial charge is 0.743 e. The fourth-order valence-corrected chi connectivity index (χ4v) is 1.46. The molecule has 0 saturated carbocycles. The van der Waals surface area contributed by atoms with Crippen LogP contribution < -0.4 is 29.6 Å². The molecule has 0 aliphatic heterocycles. The number of furan rings is 1. The molecule has 1 aromatic heterocycles. The molecule has 0 saturated heterocycles. The molecular formula is C8H4F5NaO6S. The zero-order valence-electron chi connectivity index (χ0n) is 10.1. The molecule has 0 fully saturated rings. The molecule has 0 radical (unpaired) electrons. The molecule has 21 heavy (non-hydrogen) atoms. The Kier molecular flexibility index (Phi) is 6.39. The van der Waals surface area contributed by atoms with Crippen molar-refractivity contribution in [1.29, 1.82) is 0 Å². The minimum absolute atomic E-state index is 0. The Bertz CT molecular complexity index is 581. The molecule has 0 spiro atoms. The molecule has 0 aliphatic rings. The number of esters is 1. The third kappa shape index (κ3) is 4.64. The molecule has 1 aromatic rings. The first-order chi connectivity index (χ1) is 8.87. The number of hydrogen-bond donors (Lipinski definition) is 0. The number of halogens is 5. The predicted molar refractivity (Wildman–Crippen MR) is 48.6 cm³/mol. The van der Waals surface area contributed by atoms with Crippen molar-refractivity contribution in [3.05, 3.63) is 24.2 Å². The zero-order valence-corrected chi connectivity index (χ0v) is 12.9. The van der Waals surface area contributed by atoms with Crippen LogP contribution in [0.5, 0.6) is 0 Å². The van der Waals surface area contributed by atoms with E-state index in [1.807, 2.05) is 0 Å². The molecule has 0 bridgehead atoms. The van der Waals surface area contributed by atoms with Crippen molar-refractivity contribution in [3.8, 4) is 0 Å². The van der Waals surface area contributed by atoms with Crippen LogP contribution in [0.15, 0.2) is 22.8 Å². The van der Waals surface area contributed by atoms with Gasteiger partial charge < -0.3 is 13.7 Å². The average molecular weight is 346 g/mol. The number of hydrogen-bond acceptors (Lipinski definition) is 6. The second kappa shape index (κ2) is 6.60. The summed E-state index contributed by atoms with van der Waals surface area (Å²) in [5.74, 6) is -2.88. The van der Waals surface area contributed by atoms with Gasteiger partial charge in [-0.3, -0.25) is 0 Å². The van der Waals surface area contributed by atoms with Crippen LogP contribution in [0.3, 0.4) is 0 Å². The van der Waals surface area contributed by atoms with Gasteiger partial charge in [0, 0.05) is 0 Å². The number of ether oxygens (including phenoxy) is 1. The van der Waals surface area contributed by atoms with Gasteiger partial charge in [-0.05, 0) is 12.1 Å². The molecule has 0 aliphatic carbocycles. The van der Waals surface area contributed by atoms with Crippen LogP contribution in [0.25, 0.3) is 0 Å². The summed E-state index contributed by atoms with van der Waals surface area (Å²) in [7, 11) is -6.71. The van der Waals surface area contributed by atoms with Crippen LogP contribution in [0.1, 0.15) is 10.6 Å². The maximum Gasteiger partial charge on any atom is 1.00 e. The number of rotatable bonds is 4. The molecule has 0 aromatic carbocycles. The van der Waals surface area contributed by atoms with Crippen molar-refractivity contribution < 1.29 is 78.4 Å². The summed E-state index contributed by atoms with van der Waals surface area (Å²) >= 11 is 0. The van der Waals surface area contributed by atoms with Crippen molar-refractivity contribution in [1.82, 2.24) is 0 Å². The minimum Gasteiger partial charge on any atom is -0.743 e. The summed E-state index contributed by atoms with van der Waals surface area (Å²) in [6, 6.07) is 1.83. The monoisotopic (exact) mass is 346 g/mol. The van der Waals surface area contributed by atoms with E-state index in [4.69, 9.17) is 0 Å². The molecule has 1 unspecified atom stereocenters. The van der Waals surface area contributed by atoms with Crippen molar-refractivity contribution in [2.24, 2.45) is 0 Å². The number of alkyl halides is 5. The Labute approximate surface area is 136 Å². The van der Waals surface area contributed by atoms with E-state index < -0.39 is 39.4 Å². The van der Waals surface area contributed by atoms with Gasteiger partial charge in [-0.1, -0.05) is 0 Å². The second-order valence-corrected chi connectivity index (χ2v) is 4.77. The van der Waals surface area contributed by atoms with Gasteiger partial charge >= 0.3 is 47.0 Å². The van der Waals surface area contributed by atoms with Gasteiger partial charge in [0.05, 0.1) is 6.26 Å². The van der Waals surface area contributed by atoms with Crippen LogP contribution in [-0.4, -0.2) is 36.5 Å². The largest absolute Gasteiger partial charge is 1.00 e. The fraction of sp³-hybridized carbons (Fsp3) is 0.375. The van der Waals surface area contributed by atoms with E-state index in [0.717, 1.165) is 18.4 Å². The second-order valence-electron chi connectivity index (χ2n) is 3.32. The molecule has 0 amide bonds. The van der Waals surface area contributed by atoms with Gasteiger partial charge in [-0.25, -0.2) is 13.2 Å². The summed E-state index contributed by atoms with van der Waals surface area (Å²) in [6.45, 7) is 0. The van der Waals surface area contributed by atoms with Gasteiger partial charge in [0.15, 0.2) is 10.1 Å². The van der Waals surface area contributed by atoms with Gasteiger partial charge in [0.25, 0.3) is 6.10 Å². The Balaban J connectivity index is 0.00000400. The zero-order chi connectivity index (χ0) is 15.8. The van der Waals surface area contributed by atoms with Crippen LogP contribution in [0, 0.1) is 0 Å². The average Bonchev–Trinajstić information content (AvgIpc) is 2.75. The maximum absolute atomic E-state index is 13.0. The van der Waals surface area contributed by atoms with Gasteiger partial charge in [-0.15, -0.1) is 0 Å². The van der Waals surface area contributed by atoms with E-state index in [1.54, 1.807) is 0 Å². The summed E-state index contributed by atoms with van der Waals surface area (Å²) < 4.78 is 101. The number of carbonyl (C=O) groups is 1. The van der Waals surface area contributed by atoms with Crippen LogP contribution in [-0.2, 0) is 14.9 Å². The first-order valence-electron chi connectivity index (χ1n) is 4.52.